The van der Waals surface area contributed by atoms with Crippen molar-refractivity contribution in [2.75, 3.05) is 13.2 Å². The van der Waals surface area contributed by atoms with Crippen molar-refractivity contribution in [3.8, 4) is 11.5 Å². The number of rotatable bonds is 11. The Bertz CT molecular complexity index is 671. The molecular weight excluding hydrogens is 336 g/mol. The molecule has 0 bridgehead atoms. The van der Waals surface area contributed by atoms with Crippen molar-refractivity contribution in [2.24, 2.45) is 5.92 Å². The largest absolute Gasteiger partial charge is 0.482 e. The Morgan fingerprint density at radius 2 is 1.77 bits per heavy atom. The molecule has 0 spiro atoms. The molecule has 0 amide bonds. The van der Waals surface area contributed by atoms with E-state index in [1.54, 1.807) is 12.1 Å². The molecule has 142 valence electrons. The van der Waals surface area contributed by atoms with Crippen LogP contribution in [0.5, 0.6) is 11.5 Å². The van der Waals surface area contributed by atoms with E-state index < -0.39 is 25.2 Å². The van der Waals surface area contributed by atoms with E-state index >= 15 is 0 Å². The van der Waals surface area contributed by atoms with Gasteiger partial charge in [-0.3, -0.25) is 0 Å². The van der Waals surface area contributed by atoms with Crippen LogP contribution in [0.15, 0.2) is 35.9 Å². The van der Waals surface area contributed by atoms with E-state index in [2.05, 4.69) is 26.8 Å². The number of allylic oxidation sites excluding steroid dienone is 3. The normalized spacial score (nSPS) is 11.8. The fraction of sp³-hybridized carbons (Fsp3) is 0.400. The topological polar surface area (TPSA) is 93.1 Å². The van der Waals surface area contributed by atoms with Crippen LogP contribution in [0.2, 0.25) is 0 Å². The van der Waals surface area contributed by atoms with Crippen molar-refractivity contribution in [3.05, 3.63) is 41.5 Å². The minimum atomic E-state index is -1.09. The minimum Gasteiger partial charge on any atom is -0.482 e. The Morgan fingerprint density at radius 1 is 1.12 bits per heavy atom. The molecule has 0 aromatic heterocycles. The Balaban J connectivity index is 2.85. The summed E-state index contributed by atoms with van der Waals surface area (Å²) >= 11 is 0. The monoisotopic (exact) mass is 362 g/mol. The molecule has 1 rings (SSSR count). The second-order valence-electron chi connectivity index (χ2n) is 6.26. The zero-order valence-electron chi connectivity index (χ0n) is 15.4. The number of carboxylic acids is 2. The van der Waals surface area contributed by atoms with Gasteiger partial charge in [-0.25, -0.2) is 9.59 Å². The average molecular weight is 362 g/mol. The maximum absolute atomic E-state index is 10.8. The van der Waals surface area contributed by atoms with Crippen LogP contribution in [0.25, 0.3) is 6.08 Å². The lowest BCUT2D eigenvalue weighted by atomic mass is 10.0. The van der Waals surface area contributed by atoms with Gasteiger partial charge in [0.25, 0.3) is 0 Å². The molecule has 6 nitrogen and oxygen atoms in total. The van der Waals surface area contributed by atoms with E-state index in [1.807, 2.05) is 12.2 Å². The molecule has 1 unspecified atom stereocenters. The van der Waals surface area contributed by atoms with Gasteiger partial charge in [-0.1, -0.05) is 30.7 Å². The molecule has 0 heterocycles. The van der Waals surface area contributed by atoms with Gasteiger partial charge in [0.05, 0.1) is 0 Å². The predicted octanol–water partition coefficient (Wildman–Crippen LogP) is 4.01. The summed E-state index contributed by atoms with van der Waals surface area (Å²) in [5, 5.41) is 17.5. The van der Waals surface area contributed by atoms with Gasteiger partial charge in [-0.05, 0) is 44.7 Å². The summed E-state index contributed by atoms with van der Waals surface area (Å²) in [5.74, 6) is -1.19. The van der Waals surface area contributed by atoms with Crippen LogP contribution in [0.1, 0.15) is 39.2 Å². The molecule has 0 fully saturated rings. The molecule has 0 radical (unpaired) electrons. The lowest BCUT2D eigenvalue weighted by molar-refractivity contribution is -0.140. The second kappa shape index (κ2) is 11.0. The van der Waals surface area contributed by atoms with Crippen molar-refractivity contribution in [1.82, 2.24) is 0 Å². The molecular formula is C20H26O6. The molecule has 0 aliphatic heterocycles. The summed E-state index contributed by atoms with van der Waals surface area (Å²) in [6, 6.07) is 4.84. The van der Waals surface area contributed by atoms with Crippen LogP contribution in [0, 0.1) is 5.92 Å². The first kappa shape index (κ1) is 21.3. The molecule has 0 aliphatic rings. The highest BCUT2D eigenvalue weighted by Gasteiger charge is 2.08. The van der Waals surface area contributed by atoms with E-state index in [-0.39, 0.29) is 0 Å². The number of ether oxygens (including phenoxy) is 2. The minimum absolute atomic E-state index is 0.307. The first-order chi connectivity index (χ1) is 12.3. The molecule has 0 saturated carbocycles. The number of benzene rings is 1. The standard InChI is InChI=1S/C20H26O6/c1-14(2)5-4-6-15(3)7-8-16-9-10-17(25-12-19(21)22)11-18(16)26-13-20(23)24/h5,7-11,15H,4,6,12-13H2,1-3H3,(H,21,22)(H,23,24)/b8-7+. The van der Waals surface area contributed by atoms with Gasteiger partial charge in [-0.2, -0.15) is 0 Å². The SMILES string of the molecule is CC(C)=CCCC(C)/C=C/c1ccc(OCC(=O)O)cc1OCC(=O)O. The fourth-order valence-corrected chi connectivity index (χ4v) is 2.15. The number of aliphatic carboxylic acids is 2. The first-order valence-electron chi connectivity index (χ1n) is 8.42. The van der Waals surface area contributed by atoms with Crippen LogP contribution >= 0.6 is 0 Å². The van der Waals surface area contributed by atoms with E-state index in [1.165, 1.54) is 11.6 Å². The van der Waals surface area contributed by atoms with E-state index in [0.717, 1.165) is 12.8 Å². The van der Waals surface area contributed by atoms with Gasteiger partial charge in [0.1, 0.15) is 11.5 Å². The number of carboxylic acid groups (broad SMARTS) is 2. The number of hydrogen-bond acceptors (Lipinski definition) is 4. The van der Waals surface area contributed by atoms with Gasteiger partial charge in [0, 0.05) is 11.6 Å². The summed E-state index contributed by atoms with van der Waals surface area (Å²) in [6.07, 6.45) is 8.12. The average Bonchev–Trinajstić information content (AvgIpc) is 2.56. The lowest BCUT2D eigenvalue weighted by Crippen LogP contribution is -2.11. The fourth-order valence-electron chi connectivity index (χ4n) is 2.15. The molecule has 0 aliphatic carbocycles. The molecule has 1 atom stereocenters. The maximum Gasteiger partial charge on any atom is 0.341 e. The van der Waals surface area contributed by atoms with Crippen molar-refractivity contribution < 1.29 is 29.3 Å². The van der Waals surface area contributed by atoms with E-state index in [9.17, 15) is 9.59 Å². The Labute approximate surface area is 153 Å². The van der Waals surface area contributed by atoms with Gasteiger partial charge in [0.2, 0.25) is 0 Å². The van der Waals surface area contributed by atoms with Crippen molar-refractivity contribution in [3.63, 3.8) is 0 Å². The van der Waals surface area contributed by atoms with Gasteiger partial charge in [0.15, 0.2) is 13.2 Å². The van der Waals surface area contributed by atoms with E-state index in [4.69, 9.17) is 19.7 Å². The Hall–Kier alpha value is -2.76. The number of carbonyl (C=O) groups is 2. The Morgan fingerprint density at radius 3 is 2.38 bits per heavy atom. The lowest BCUT2D eigenvalue weighted by Gasteiger charge is -2.11. The summed E-state index contributed by atoms with van der Waals surface area (Å²) in [7, 11) is 0. The molecule has 0 saturated heterocycles. The smallest absolute Gasteiger partial charge is 0.341 e. The molecule has 1 aromatic rings. The predicted molar refractivity (Wildman–Crippen MR) is 99.6 cm³/mol. The first-order valence-corrected chi connectivity index (χ1v) is 8.42. The zero-order valence-corrected chi connectivity index (χ0v) is 15.4. The van der Waals surface area contributed by atoms with Crippen LogP contribution in [-0.2, 0) is 9.59 Å². The highest BCUT2D eigenvalue weighted by Crippen LogP contribution is 2.27. The van der Waals surface area contributed by atoms with Gasteiger partial charge < -0.3 is 19.7 Å². The van der Waals surface area contributed by atoms with Crippen molar-refractivity contribution >= 4 is 18.0 Å². The highest BCUT2D eigenvalue weighted by atomic mass is 16.5. The Kier molecular flexibility index (Phi) is 8.98. The summed E-state index contributed by atoms with van der Waals surface area (Å²) < 4.78 is 10.4. The maximum atomic E-state index is 10.8. The summed E-state index contributed by atoms with van der Waals surface area (Å²) in [4.78, 5) is 21.4. The van der Waals surface area contributed by atoms with Crippen LogP contribution in [0.3, 0.4) is 0 Å². The van der Waals surface area contributed by atoms with Crippen molar-refractivity contribution in [1.29, 1.82) is 0 Å². The van der Waals surface area contributed by atoms with E-state index in [0.29, 0.717) is 23.0 Å². The van der Waals surface area contributed by atoms with Gasteiger partial charge >= 0.3 is 11.9 Å². The third-order valence-electron chi connectivity index (χ3n) is 3.48. The van der Waals surface area contributed by atoms with Crippen LogP contribution in [0.4, 0.5) is 0 Å². The quantitative estimate of drug-likeness (QED) is 0.578. The summed E-state index contributed by atoms with van der Waals surface area (Å²) in [6.45, 7) is 5.28. The van der Waals surface area contributed by atoms with Crippen LogP contribution in [-0.4, -0.2) is 35.4 Å². The zero-order chi connectivity index (χ0) is 19.5. The molecule has 26 heavy (non-hydrogen) atoms. The van der Waals surface area contributed by atoms with Gasteiger partial charge in [-0.15, -0.1) is 0 Å². The van der Waals surface area contributed by atoms with Crippen molar-refractivity contribution in [2.45, 2.75) is 33.6 Å². The molecule has 2 N–H and O–H groups in total. The third-order valence-corrected chi connectivity index (χ3v) is 3.48. The second-order valence-corrected chi connectivity index (χ2v) is 6.26. The number of hydrogen-bond donors (Lipinski definition) is 2. The summed E-state index contributed by atoms with van der Waals surface area (Å²) in [5.41, 5.74) is 2.01. The molecule has 6 heteroatoms. The highest BCUT2D eigenvalue weighted by molar-refractivity contribution is 5.70. The van der Waals surface area contributed by atoms with Crippen LogP contribution < -0.4 is 9.47 Å². The molecule has 1 aromatic carbocycles. The third kappa shape index (κ3) is 8.92.